The number of benzene rings is 3. The quantitative estimate of drug-likeness (QED) is 0.628. The fourth-order valence-corrected chi connectivity index (χ4v) is 3.87. The Morgan fingerprint density at radius 3 is 2.00 bits per heavy atom. The van der Waals surface area contributed by atoms with Gasteiger partial charge in [-0.1, -0.05) is 71.8 Å². The van der Waals surface area contributed by atoms with Crippen LogP contribution in [0.15, 0.2) is 78.6 Å². The van der Waals surface area contributed by atoms with Crippen LogP contribution in [-0.4, -0.2) is 23.0 Å². The van der Waals surface area contributed by atoms with Gasteiger partial charge in [-0.05, 0) is 42.7 Å². The van der Waals surface area contributed by atoms with E-state index in [1.165, 1.54) is 0 Å². The van der Waals surface area contributed by atoms with Gasteiger partial charge in [0.15, 0.2) is 5.76 Å². The van der Waals surface area contributed by atoms with Crippen LogP contribution in [0.2, 0.25) is 0 Å². The highest BCUT2D eigenvalue weighted by molar-refractivity contribution is 6.05. The second-order valence-electron chi connectivity index (χ2n) is 7.72. The molecule has 152 valence electrons. The van der Waals surface area contributed by atoms with Crippen LogP contribution in [0.5, 0.6) is 5.75 Å². The lowest BCUT2D eigenvalue weighted by atomic mass is 9.92. The molecule has 1 heterocycles. The van der Waals surface area contributed by atoms with Gasteiger partial charge in [-0.2, -0.15) is 0 Å². The first-order valence-electron chi connectivity index (χ1n) is 9.98. The van der Waals surface area contributed by atoms with Crippen molar-refractivity contribution < 1.29 is 14.6 Å². The van der Waals surface area contributed by atoms with Crippen molar-refractivity contribution in [1.29, 1.82) is 0 Å². The summed E-state index contributed by atoms with van der Waals surface area (Å²) >= 11 is 0. The molecule has 1 aliphatic rings. The summed E-state index contributed by atoms with van der Waals surface area (Å²) in [7, 11) is 1.63. The normalized spacial score (nSPS) is 16.3. The lowest BCUT2D eigenvalue weighted by Gasteiger charge is -2.27. The topological polar surface area (TPSA) is 49.8 Å². The van der Waals surface area contributed by atoms with Gasteiger partial charge in [-0.25, -0.2) is 0 Å². The van der Waals surface area contributed by atoms with Crippen LogP contribution in [0.3, 0.4) is 0 Å². The standard InChI is InChI=1S/C26H25NO3/c1-17-4-10-20(11-5-17)23-24(21-12-6-18(2)7-13-21)27(26(29)25(23)28)16-19-8-14-22(30-3)15-9-19/h4-15,24,28H,16H2,1-3H3/t24-/m1/s1. The second-order valence-corrected chi connectivity index (χ2v) is 7.72. The summed E-state index contributed by atoms with van der Waals surface area (Å²) in [5.74, 6) is 0.229. The summed E-state index contributed by atoms with van der Waals surface area (Å²) in [6.45, 7) is 4.44. The number of aryl methyl sites for hydroxylation is 2. The molecule has 4 heteroatoms. The van der Waals surface area contributed by atoms with Crippen molar-refractivity contribution >= 4 is 11.5 Å². The smallest absolute Gasteiger partial charge is 0.290 e. The van der Waals surface area contributed by atoms with Gasteiger partial charge in [-0.15, -0.1) is 0 Å². The first-order chi connectivity index (χ1) is 14.5. The second kappa shape index (κ2) is 8.07. The van der Waals surface area contributed by atoms with E-state index in [0.717, 1.165) is 33.6 Å². The van der Waals surface area contributed by atoms with Crippen molar-refractivity contribution in [3.05, 3.63) is 106 Å². The number of carbonyl (C=O) groups excluding carboxylic acids is 1. The molecule has 0 bridgehead atoms. The summed E-state index contributed by atoms with van der Waals surface area (Å²) in [5, 5.41) is 10.9. The summed E-state index contributed by atoms with van der Waals surface area (Å²) in [6.07, 6.45) is 0. The minimum atomic E-state index is -0.358. The monoisotopic (exact) mass is 399 g/mol. The lowest BCUT2D eigenvalue weighted by molar-refractivity contribution is -0.130. The Morgan fingerprint density at radius 2 is 1.43 bits per heavy atom. The molecule has 1 aliphatic heterocycles. The highest BCUT2D eigenvalue weighted by Gasteiger charge is 2.40. The Hall–Kier alpha value is -3.53. The third kappa shape index (κ3) is 3.69. The van der Waals surface area contributed by atoms with Gasteiger partial charge in [0.25, 0.3) is 5.91 Å². The fourth-order valence-electron chi connectivity index (χ4n) is 3.87. The van der Waals surface area contributed by atoms with Crippen molar-refractivity contribution in [2.45, 2.75) is 26.4 Å². The number of hydrogen-bond donors (Lipinski definition) is 1. The van der Waals surface area contributed by atoms with Crippen LogP contribution in [0, 0.1) is 13.8 Å². The molecule has 3 aromatic rings. The first-order valence-corrected chi connectivity index (χ1v) is 9.98. The third-order valence-electron chi connectivity index (χ3n) is 5.57. The maximum absolute atomic E-state index is 13.1. The number of aliphatic hydroxyl groups excluding tert-OH is 1. The number of nitrogens with zero attached hydrogens (tertiary/aromatic N) is 1. The number of hydrogen-bond acceptors (Lipinski definition) is 3. The fraction of sp³-hybridized carbons (Fsp3) is 0.192. The van der Waals surface area contributed by atoms with Gasteiger partial charge in [0.2, 0.25) is 0 Å². The van der Waals surface area contributed by atoms with Crippen LogP contribution >= 0.6 is 0 Å². The number of aliphatic hydroxyl groups is 1. The summed E-state index contributed by atoms with van der Waals surface area (Å²) in [6, 6.07) is 23.3. The molecule has 0 saturated heterocycles. The maximum Gasteiger partial charge on any atom is 0.290 e. The number of methoxy groups -OCH3 is 1. The van der Waals surface area contributed by atoms with Gasteiger partial charge in [0.1, 0.15) is 5.75 Å². The third-order valence-corrected chi connectivity index (χ3v) is 5.57. The molecular weight excluding hydrogens is 374 g/mol. The van der Waals surface area contributed by atoms with E-state index in [1.54, 1.807) is 12.0 Å². The van der Waals surface area contributed by atoms with E-state index in [9.17, 15) is 9.90 Å². The van der Waals surface area contributed by atoms with Crippen molar-refractivity contribution in [3.8, 4) is 5.75 Å². The van der Waals surface area contributed by atoms with Crippen LogP contribution in [0.1, 0.15) is 33.9 Å². The minimum Gasteiger partial charge on any atom is -0.503 e. The predicted octanol–water partition coefficient (Wildman–Crippen LogP) is 5.36. The zero-order valence-corrected chi connectivity index (χ0v) is 17.4. The Kier molecular flexibility index (Phi) is 5.32. The van der Waals surface area contributed by atoms with Crippen molar-refractivity contribution in [3.63, 3.8) is 0 Å². The predicted molar refractivity (Wildman–Crippen MR) is 118 cm³/mol. The number of amides is 1. The van der Waals surface area contributed by atoms with E-state index in [2.05, 4.69) is 0 Å². The molecule has 0 fully saturated rings. The average molecular weight is 399 g/mol. The molecule has 0 saturated carbocycles. The lowest BCUT2D eigenvalue weighted by Crippen LogP contribution is -2.29. The Balaban J connectivity index is 1.77. The zero-order valence-electron chi connectivity index (χ0n) is 17.4. The molecule has 0 aliphatic carbocycles. The van der Waals surface area contributed by atoms with Gasteiger partial charge < -0.3 is 14.7 Å². The summed E-state index contributed by atoms with van der Waals surface area (Å²) in [4.78, 5) is 14.9. The number of ether oxygens (including phenoxy) is 1. The Labute approximate surface area is 177 Å². The first kappa shape index (κ1) is 19.8. The van der Waals surface area contributed by atoms with E-state index >= 15 is 0 Å². The van der Waals surface area contributed by atoms with Crippen molar-refractivity contribution in [1.82, 2.24) is 4.90 Å². The molecule has 3 aromatic carbocycles. The molecule has 1 N–H and O–H groups in total. The molecule has 0 radical (unpaired) electrons. The summed E-state index contributed by atoms with van der Waals surface area (Å²) in [5.41, 5.74) is 5.73. The summed E-state index contributed by atoms with van der Waals surface area (Å²) < 4.78 is 5.23. The molecule has 1 atom stereocenters. The molecule has 4 rings (SSSR count). The van der Waals surface area contributed by atoms with Crippen molar-refractivity contribution in [2.75, 3.05) is 7.11 Å². The van der Waals surface area contributed by atoms with Gasteiger partial charge in [0.05, 0.1) is 13.2 Å². The van der Waals surface area contributed by atoms with E-state index < -0.39 is 0 Å². The highest BCUT2D eigenvalue weighted by Crippen LogP contribution is 2.43. The molecular formula is C26H25NO3. The molecule has 0 spiro atoms. The van der Waals surface area contributed by atoms with Crippen LogP contribution < -0.4 is 4.74 Å². The van der Waals surface area contributed by atoms with Crippen LogP contribution in [0.4, 0.5) is 0 Å². The number of rotatable bonds is 5. The average Bonchev–Trinajstić information content (AvgIpc) is 3.00. The highest BCUT2D eigenvalue weighted by atomic mass is 16.5. The molecule has 0 aromatic heterocycles. The maximum atomic E-state index is 13.1. The van der Waals surface area contributed by atoms with E-state index in [-0.39, 0.29) is 17.7 Å². The molecule has 30 heavy (non-hydrogen) atoms. The number of carbonyl (C=O) groups is 1. The SMILES string of the molecule is COc1ccc(CN2C(=O)C(O)=C(c3ccc(C)cc3)[C@H]2c2ccc(C)cc2)cc1. The largest absolute Gasteiger partial charge is 0.503 e. The van der Waals surface area contributed by atoms with E-state index in [4.69, 9.17) is 4.74 Å². The van der Waals surface area contributed by atoms with E-state index in [0.29, 0.717) is 12.1 Å². The van der Waals surface area contributed by atoms with Gasteiger partial charge in [0, 0.05) is 12.1 Å². The minimum absolute atomic E-state index is 0.182. The Bertz CT molecular complexity index is 1080. The van der Waals surface area contributed by atoms with Gasteiger partial charge in [-0.3, -0.25) is 4.79 Å². The molecule has 0 unspecified atom stereocenters. The zero-order chi connectivity index (χ0) is 21.3. The van der Waals surface area contributed by atoms with E-state index in [1.807, 2.05) is 86.6 Å². The van der Waals surface area contributed by atoms with Gasteiger partial charge >= 0.3 is 0 Å². The van der Waals surface area contributed by atoms with Crippen molar-refractivity contribution in [2.24, 2.45) is 0 Å². The van der Waals surface area contributed by atoms with Crippen LogP contribution in [0.25, 0.3) is 5.57 Å². The van der Waals surface area contributed by atoms with Crippen LogP contribution in [-0.2, 0) is 11.3 Å². The molecule has 1 amide bonds. The Morgan fingerprint density at radius 1 is 0.867 bits per heavy atom. The molecule has 4 nitrogen and oxygen atoms in total.